The van der Waals surface area contributed by atoms with Crippen LogP contribution in [0.4, 0.5) is 5.82 Å². The monoisotopic (exact) mass is 250 g/mol. The molecule has 0 bridgehead atoms. The van der Waals surface area contributed by atoms with E-state index in [1.54, 1.807) is 22.9 Å². The smallest absolute Gasteiger partial charge is 0.501 e. The minimum Gasteiger partial charge on any atom is -1.00 e. The van der Waals surface area contributed by atoms with Crippen molar-refractivity contribution in [2.75, 3.05) is 0 Å². The average Bonchev–Trinajstić information content (AvgIpc) is 2.31. The predicted molar refractivity (Wildman–Crippen MR) is 58.8 cm³/mol. The topological polar surface area (TPSA) is 47.0 Å². The van der Waals surface area contributed by atoms with Crippen molar-refractivity contribution in [1.29, 1.82) is 0 Å². The third-order valence-electron chi connectivity index (χ3n) is 2.30. The van der Waals surface area contributed by atoms with Crippen LogP contribution in [-0.4, -0.2) is 4.92 Å². The van der Waals surface area contributed by atoms with Gasteiger partial charge in [-0.2, -0.15) is 0 Å². The molecule has 1 heterocycles. The van der Waals surface area contributed by atoms with Crippen LogP contribution in [0.25, 0.3) is 0 Å². The van der Waals surface area contributed by atoms with Crippen molar-refractivity contribution in [3.63, 3.8) is 0 Å². The number of hydrogen-bond acceptors (Lipinski definition) is 2. The van der Waals surface area contributed by atoms with E-state index < -0.39 is 0 Å². The number of rotatable bonds is 3. The minimum absolute atomic E-state index is 0. The minimum atomic E-state index is -0.372. The number of hydrogen-bond donors (Lipinski definition) is 0. The van der Waals surface area contributed by atoms with Crippen molar-refractivity contribution >= 4 is 5.82 Å². The summed E-state index contributed by atoms with van der Waals surface area (Å²) in [5.41, 5.74) is 1.04. The largest absolute Gasteiger partial charge is 1.00 e. The Morgan fingerprint density at radius 3 is 2.35 bits per heavy atom. The number of nitrogens with zero attached hydrogens (tertiary/aromatic N) is 2. The maximum atomic E-state index is 10.8. The SMILES string of the molecule is O=[N+]([O-])c1cccc[n+]1Cc1ccccc1.[Cl-]. The number of aromatic nitrogens is 1. The molecular weight excluding hydrogens is 240 g/mol. The van der Waals surface area contributed by atoms with Gasteiger partial charge in [0, 0.05) is 11.6 Å². The molecule has 0 amide bonds. The van der Waals surface area contributed by atoms with Gasteiger partial charge in [-0.15, -0.1) is 4.57 Å². The Morgan fingerprint density at radius 1 is 1.06 bits per heavy atom. The highest BCUT2D eigenvalue weighted by atomic mass is 35.5. The molecule has 17 heavy (non-hydrogen) atoms. The second kappa shape index (κ2) is 5.96. The molecule has 0 saturated carbocycles. The zero-order chi connectivity index (χ0) is 11.4. The third-order valence-corrected chi connectivity index (χ3v) is 2.30. The Labute approximate surface area is 105 Å². The summed E-state index contributed by atoms with van der Waals surface area (Å²) in [5, 5.41) is 10.8. The molecule has 0 unspecified atom stereocenters. The van der Waals surface area contributed by atoms with Gasteiger partial charge >= 0.3 is 5.82 Å². The molecule has 0 radical (unpaired) electrons. The van der Waals surface area contributed by atoms with Gasteiger partial charge in [-0.25, -0.2) is 0 Å². The Balaban J connectivity index is 0.00000144. The predicted octanol–water partition coefficient (Wildman–Crippen LogP) is -1.07. The third kappa shape index (κ3) is 3.26. The fourth-order valence-electron chi connectivity index (χ4n) is 1.55. The van der Waals surface area contributed by atoms with E-state index in [4.69, 9.17) is 0 Å². The second-order valence-corrected chi connectivity index (χ2v) is 3.43. The molecule has 0 aliphatic rings. The van der Waals surface area contributed by atoms with Gasteiger partial charge in [0.25, 0.3) is 0 Å². The van der Waals surface area contributed by atoms with Gasteiger partial charge < -0.3 is 12.4 Å². The molecule has 5 heteroatoms. The molecule has 0 aliphatic heterocycles. The van der Waals surface area contributed by atoms with Crippen LogP contribution in [0.3, 0.4) is 0 Å². The van der Waals surface area contributed by atoms with Crippen LogP contribution in [0.15, 0.2) is 54.7 Å². The zero-order valence-electron chi connectivity index (χ0n) is 8.99. The number of nitro groups is 1. The second-order valence-electron chi connectivity index (χ2n) is 3.43. The standard InChI is InChI=1S/C12H11N2O2.ClH/c15-14(16)12-8-4-5-9-13(12)10-11-6-2-1-3-7-11;/h1-9H,10H2;1H/q+1;/p-1. The lowest BCUT2D eigenvalue weighted by Gasteiger charge is -1.97. The zero-order valence-corrected chi connectivity index (χ0v) is 9.75. The van der Waals surface area contributed by atoms with Crippen LogP contribution in [0.5, 0.6) is 0 Å². The summed E-state index contributed by atoms with van der Waals surface area (Å²) in [6.07, 6.45) is 1.71. The summed E-state index contributed by atoms with van der Waals surface area (Å²) in [6.45, 7) is 0.512. The van der Waals surface area contributed by atoms with Crippen molar-refractivity contribution in [1.82, 2.24) is 0 Å². The molecule has 2 rings (SSSR count). The molecule has 88 valence electrons. The molecule has 0 N–H and O–H groups in total. The van der Waals surface area contributed by atoms with E-state index in [1.807, 2.05) is 30.3 Å². The van der Waals surface area contributed by atoms with Gasteiger partial charge in [0.05, 0.1) is 6.07 Å². The summed E-state index contributed by atoms with van der Waals surface area (Å²) in [4.78, 5) is 10.4. The van der Waals surface area contributed by atoms with Crippen molar-refractivity contribution < 1.29 is 21.9 Å². The summed E-state index contributed by atoms with van der Waals surface area (Å²) >= 11 is 0. The van der Waals surface area contributed by atoms with Crippen LogP contribution in [0.2, 0.25) is 0 Å². The molecule has 0 atom stereocenters. The lowest BCUT2D eigenvalue weighted by atomic mass is 10.2. The molecule has 2 aromatic rings. The maximum Gasteiger partial charge on any atom is 0.501 e. The van der Waals surface area contributed by atoms with E-state index in [0.717, 1.165) is 5.56 Å². The van der Waals surface area contributed by atoms with Crippen molar-refractivity contribution in [2.24, 2.45) is 0 Å². The molecule has 0 spiro atoms. The van der Waals surface area contributed by atoms with Crippen molar-refractivity contribution in [3.8, 4) is 0 Å². The lowest BCUT2D eigenvalue weighted by molar-refractivity contribution is -0.729. The summed E-state index contributed by atoms with van der Waals surface area (Å²) < 4.78 is 1.62. The van der Waals surface area contributed by atoms with E-state index in [2.05, 4.69) is 0 Å². The maximum absolute atomic E-state index is 10.8. The van der Waals surface area contributed by atoms with Crippen LogP contribution < -0.4 is 17.0 Å². The van der Waals surface area contributed by atoms with E-state index in [-0.39, 0.29) is 23.1 Å². The van der Waals surface area contributed by atoms with E-state index in [0.29, 0.717) is 6.54 Å². The van der Waals surface area contributed by atoms with Gasteiger partial charge in [-0.05, 0) is 6.07 Å². The van der Waals surface area contributed by atoms with Gasteiger partial charge in [0.1, 0.15) is 4.92 Å². The van der Waals surface area contributed by atoms with Crippen molar-refractivity contribution in [3.05, 3.63) is 70.4 Å². The van der Waals surface area contributed by atoms with Gasteiger partial charge in [0.2, 0.25) is 0 Å². The van der Waals surface area contributed by atoms with Crippen LogP contribution in [0, 0.1) is 10.1 Å². The van der Waals surface area contributed by atoms with Crippen LogP contribution in [0.1, 0.15) is 5.56 Å². The Hall–Kier alpha value is -1.94. The fourth-order valence-corrected chi connectivity index (χ4v) is 1.55. The molecule has 0 fully saturated rings. The van der Waals surface area contributed by atoms with Gasteiger partial charge in [-0.1, -0.05) is 30.3 Å². The molecule has 1 aromatic heterocycles. The normalized spacial score (nSPS) is 9.41. The summed E-state index contributed by atoms with van der Waals surface area (Å²) in [7, 11) is 0. The molecule has 1 aromatic carbocycles. The van der Waals surface area contributed by atoms with Crippen LogP contribution in [-0.2, 0) is 6.54 Å². The van der Waals surface area contributed by atoms with Gasteiger partial charge in [-0.3, -0.25) is 10.1 Å². The first-order valence-corrected chi connectivity index (χ1v) is 4.94. The van der Waals surface area contributed by atoms with Crippen molar-refractivity contribution in [2.45, 2.75) is 6.54 Å². The van der Waals surface area contributed by atoms with Crippen LogP contribution >= 0.6 is 0 Å². The fraction of sp³-hybridized carbons (Fsp3) is 0.0833. The lowest BCUT2D eigenvalue weighted by Crippen LogP contribution is -3.00. The number of benzene rings is 1. The average molecular weight is 251 g/mol. The molecular formula is C12H11ClN2O2. The number of halogens is 1. The Bertz CT molecular complexity index is 503. The Kier molecular flexibility index (Phi) is 4.60. The highest BCUT2D eigenvalue weighted by Gasteiger charge is 2.20. The molecule has 0 saturated heterocycles. The van der Waals surface area contributed by atoms with Gasteiger partial charge in [0.15, 0.2) is 12.7 Å². The summed E-state index contributed by atoms with van der Waals surface area (Å²) in [6, 6.07) is 14.6. The highest BCUT2D eigenvalue weighted by molar-refractivity contribution is 5.15. The summed E-state index contributed by atoms with van der Waals surface area (Å²) in [5.74, 6) is 0.103. The first kappa shape index (κ1) is 13.1. The first-order chi connectivity index (χ1) is 7.77. The van der Waals surface area contributed by atoms with E-state index >= 15 is 0 Å². The quantitative estimate of drug-likeness (QED) is 0.396. The van der Waals surface area contributed by atoms with E-state index in [9.17, 15) is 10.1 Å². The first-order valence-electron chi connectivity index (χ1n) is 4.94. The van der Waals surface area contributed by atoms with E-state index in [1.165, 1.54) is 6.07 Å². The Morgan fingerprint density at radius 2 is 1.71 bits per heavy atom. The molecule has 4 nitrogen and oxygen atoms in total. The number of pyridine rings is 1. The highest BCUT2D eigenvalue weighted by Crippen LogP contribution is 2.04. The molecule has 0 aliphatic carbocycles.